The van der Waals surface area contributed by atoms with Gasteiger partial charge in [0.15, 0.2) is 0 Å². The van der Waals surface area contributed by atoms with E-state index in [4.69, 9.17) is 9.47 Å². The van der Waals surface area contributed by atoms with Gasteiger partial charge in [0.25, 0.3) is 0 Å². The lowest BCUT2D eigenvalue weighted by atomic mass is 9.79. The van der Waals surface area contributed by atoms with Crippen LogP contribution in [0.4, 0.5) is 0 Å². The molecule has 0 aromatic carbocycles. The Morgan fingerprint density at radius 3 is 2.65 bits per heavy atom. The van der Waals surface area contributed by atoms with E-state index in [1.54, 1.807) is 0 Å². The fraction of sp³-hybridized carbons (Fsp3) is 1.00. The minimum absolute atomic E-state index is 0.369. The standard InChI is InChI=1S/C16H32N2O2/c1-4-15-11-20-14(3)10-18(15)13-16(12-17-5-2)6-8-19-9-7-16/h14-15,17H,4-13H2,1-3H3. The van der Waals surface area contributed by atoms with E-state index in [0.29, 0.717) is 17.6 Å². The first-order valence-corrected chi connectivity index (χ1v) is 8.33. The van der Waals surface area contributed by atoms with Crippen molar-refractivity contribution < 1.29 is 9.47 Å². The smallest absolute Gasteiger partial charge is 0.0674 e. The maximum absolute atomic E-state index is 5.83. The molecule has 4 nitrogen and oxygen atoms in total. The summed E-state index contributed by atoms with van der Waals surface area (Å²) in [5.74, 6) is 0. The maximum atomic E-state index is 5.83. The third-order valence-electron chi connectivity index (χ3n) is 4.89. The van der Waals surface area contributed by atoms with Crippen LogP contribution in [0.3, 0.4) is 0 Å². The van der Waals surface area contributed by atoms with E-state index < -0.39 is 0 Å². The number of ether oxygens (including phenoxy) is 2. The molecule has 4 heteroatoms. The Labute approximate surface area is 124 Å². The Balaban J connectivity index is 2.00. The van der Waals surface area contributed by atoms with Gasteiger partial charge in [-0.25, -0.2) is 0 Å². The molecule has 2 rings (SSSR count). The van der Waals surface area contributed by atoms with Gasteiger partial charge in [0.2, 0.25) is 0 Å². The second kappa shape index (κ2) is 7.74. The molecule has 0 amide bonds. The van der Waals surface area contributed by atoms with Crippen LogP contribution < -0.4 is 5.32 Å². The highest BCUT2D eigenvalue weighted by Gasteiger charge is 2.37. The van der Waals surface area contributed by atoms with Crippen LogP contribution in [0.25, 0.3) is 0 Å². The molecule has 2 saturated heterocycles. The van der Waals surface area contributed by atoms with E-state index >= 15 is 0 Å². The number of nitrogens with zero attached hydrogens (tertiary/aromatic N) is 1. The zero-order valence-corrected chi connectivity index (χ0v) is 13.5. The molecule has 0 aromatic heterocycles. The predicted molar refractivity (Wildman–Crippen MR) is 82.1 cm³/mol. The predicted octanol–water partition coefficient (Wildman–Crippen LogP) is 1.89. The summed E-state index contributed by atoms with van der Waals surface area (Å²) >= 11 is 0. The van der Waals surface area contributed by atoms with Crippen molar-refractivity contribution in [2.75, 3.05) is 46.0 Å². The molecule has 0 bridgehead atoms. The summed E-state index contributed by atoms with van der Waals surface area (Å²) in [7, 11) is 0. The third-order valence-corrected chi connectivity index (χ3v) is 4.89. The summed E-state index contributed by atoms with van der Waals surface area (Å²) < 4.78 is 11.4. The minimum atomic E-state index is 0.369. The summed E-state index contributed by atoms with van der Waals surface area (Å²) in [5, 5.41) is 3.58. The lowest BCUT2D eigenvalue weighted by molar-refractivity contribution is -0.0830. The SMILES string of the molecule is CCNCC1(CN2CC(C)OCC2CC)CCOCC1. The summed E-state index contributed by atoms with van der Waals surface area (Å²) in [6, 6.07) is 0.590. The molecular weight excluding hydrogens is 252 g/mol. The van der Waals surface area contributed by atoms with Gasteiger partial charge in [0.1, 0.15) is 0 Å². The molecule has 118 valence electrons. The van der Waals surface area contributed by atoms with Gasteiger partial charge in [-0.3, -0.25) is 4.90 Å². The molecule has 20 heavy (non-hydrogen) atoms. The van der Waals surface area contributed by atoms with Crippen molar-refractivity contribution in [1.82, 2.24) is 10.2 Å². The van der Waals surface area contributed by atoms with Crippen LogP contribution in [0, 0.1) is 5.41 Å². The molecule has 2 heterocycles. The second-order valence-electron chi connectivity index (χ2n) is 6.53. The molecule has 2 fully saturated rings. The van der Waals surface area contributed by atoms with Crippen molar-refractivity contribution in [1.29, 1.82) is 0 Å². The Kier molecular flexibility index (Phi) is 6.27. The van der Waals surface area contributed by atoms with Gasteiger partial charge in [-0.2, -0.15) is 0 Å². The Morgan fingerprint density at radius 1 is 1.25 bits per heavy atom. The summed E-state index contributed by atoms with van der Waals surface area (Å²) in [5.41, 5.74) is 0.388. The first-order valence-electron chi connectivity index (χ1n) is 8.33. The summed E-state index contributed by atoms with van der Waals surface area (Å²) in [4.78, 5) is 2.68. The summed E-state index contributed by atoms with van der Waals surface area (Å²) in [6.07, 6.45) is 3.92. The zero-order valence-electron chi connectivity index (χ0n) is 13.5. The highest BCUT2D eigenvalue weighted by molar-refractivity contribution is 4.90. The molecule has 2 unspecified atom stereocenters. The highest BCUT2D eigenvalue weighted by atomic mass is 16.5. The maximum Gasteiger partial charge on any atom is 0.0674 e. The highest BCUT2D eigenvalue weighted by Crippen LogP contribution is 2.32. The first kappa shape index (κ1) is 16.2. The van der Waals surface area contributed by atoms with Crippen molar-refractivity contribution in [2.45, 2.75) is 52.2 Å². The van der Waals surface area contributed by atoms with Gasteiger partial charge >= 0.3 is 0 Å². The molecule has 0 aromatic rings. The van der Waals surface area contributed by atoms with Crippen molar-refractivity contribution in [2.24, 2.45) is 5.41 Å². The average Bonchev–Trinajstić information content (AvgIpc) is 2.46. The quantitative estimate of drug-likeness (QED) is 0.807. The van der Waals surface area contributed by atoms with Crippen LogP contribution in [0.15, 0.2) is 0 Å². The largest absolute Gasteiger partial charge is 0.381 e. The van der Waals surface area contributed by atoms with Gasteiger partial charge in [-0.1, -0.05) is 13.8 Å². The summed E-state index contributed by atoms with van der Waals surface area (Å²) in [6.45, 7) is 13.8. The lowest BCUT2D eigenvalue weighted by Crippen LogP contribution is -2.55. The third kappa shape index (κ3) is 4.17. The van der Waals surface area contributed by atoms with E-state index in [-0.39, 0.29) is 0 Å². The van der Waals surface area contributed by atoms with Crippen LogP contribution in [0.1, 0.15) is 40.0 Å². The second-order valence-corrected chi connectivity index (χ2v) is 6.53. The fourth-order valence-electron chi connectivity index (χ4n) is 3.50. The van der Waals surface area contributed by atoms with Crippen LogP contribution in [-0.4, -0.2) is 63.0 Å². The number of rotatable bonds is 6. The average molecular weight is 284 g/mol. The van der Waals surface area contributed by atoms with Crippen LogP contribution >= 0.6 is 0 Å². The number of morpholine rings is 1. The number of nitrogens with one attached hydrogen (secondary N) is 1. The molecule has 2 atom stereocenters. The topological polar surface area (TPSA) is 33.7 Å². The molecule has 0 spiro atoms. The van der Waals surface area contributed by atoms with Crippen LogP contribution in [0.5, 0.6) is 0 Å². The van der Waals surface area contributed by atoms with Crippen molar-refractivity contribution >= 4 is 0 Å². The van der Waals surface area contributed by atoms with E-state index in [1.807, 2.05) is 0 Å². The fourth-order valence-corrected chi connectivity index (χ4v) is 3.50. The molecule has 1 N–H and O–H groups in total. The van der Waals surface area contributed by atoms with Gasteiger partial charge < -0.3 is 14.8 Å². The van der Waals surface area contributed by atoms with E-state index in [1.165, 1.54) is 25.8 Å². The molecule has 2 aliphatic heterocycles. The van der Waals surface area contributed by atoms with Crippen molar-refractivity contribution in [3.63, 3.8) is 0 Å². The van der Waals surface area contributed by atoms with Gasteiger partial charge in [-0.05, 0) is 38.1 Å². The van der Waals surface area contributed by atoms with Gasteiger partial charge in [-0.15, -0.1) is 0 Å². The van der Waals surface area contributed by atoms with Crippen molar-refractivity contribution in [3.05, 3.63) is 0 Å². The van der Waals surface area contributed by atoms with E-state index in [2.05, 4.69) is 31.0 Å². The molecular formula is C16H32N2O2. The zero-order chi connectivity index (χ0) is 14.4. The van der Waals surface area contributed by atoms with Gasteiger partial charge in [0.05, 0.1) is 12.7 Å². The normalized spacial score (nSPS) is 31.4. The van der Waals surface area contributed by atoms with Crippen LogP contribution in [-0.2, 0) is 9.47 Å². The number of hydrogen-bond donors (Lipinski definition) is 1. The Bertz CT molecular complexity index is 280. The number of hydrogen-bond acceptors (Lipinski definition) is 4. The molecule has 0 saturated carbocycles. The molecule has 2 aliphatic rings. The van der Waals surface area contributed by atoms with Crippen molar-refractivity contribution in [3.8, 4) is 0 Å². The van der Waals surface area contributed by atoms with E-state index in [0.717, 1.165) is 39.5 Å². The Hall–Kier alpha value is -0.160. The van der Waals surface area contributed by atoms with Gasteiger partial charge in [0, 0.05) is 38.9 Å². The van der Waals surface area contributed by atoms with E-state index in [9.17, 15) is 0 Å². The lowest BCUT2D eigenvalue weighted by Gasteiger charge is -2.46. The minimum Gasteiger partial charge on any atom is -0.381 e. The molecule has 0 radical (unpaired) electrons. The monoisotopic (exact) mass is 284 g/mol. The Morgan fingerprint density at radius 2 is 2.00 bits per heavy atom. The molecule has 0 aliphatic carbocycles. The van der Waals surface area contributed by atoms with Crippen LogP contribution in [0.2, 0.25) is 0 Å². The first-order chi connectivity index (χ1) is 9.69.